The number of allylic oxidation sites excluding steroid dienone is 2. The Balaban J connectivity index is 3.10. The average Bonchev–Trinajstić information content (AvgIpc) is 1.87. The highest BCUT2D eigenvalue weighted by Crippen LogP contribution is 1.99. The molecule has 0 aliphatic carbocycles. The highest BCUT2D eigenvalue weighted by molar-refractivity contribution is 5.80. The van der Waals surface area contributed by atoms with Gasteiger partial charge in [-0.15, -0.1) is 0 Å². The van der Waals surface area contributed by atoms with E-state index in [4.69, 9.17) is 0 Å². The van der Waals surface area contributed by atoms with Crippen molar-refractivity contribution in [2.24, 2.45) is 0 Å². The molecule has 0 aromatic carbocycles. The minimum atomic E-state index is -1.35. The van der Waals surface area contributed by atoms with Gasteiger partial charge in [0, 0.05) is 6.08 Å². The molecule has 10 heavy (non-hydrogen) atoms. The largest absolute Gasteiger partial charge is 0.324 e. The van der Waals surface area contributed by atoms with Gasteiger partial charge in [-0.25, -0.2) is 0 Å². The van der Waals surface area contributed by atoms with Crippen LogP contribution >= 0.6 is 0 Å². The molecule has 0 fully saturated rings. The Labute approximate surface area is 60.9 Å². The number of hydrogen-bond donors (Lipinski definition) is 0. The first-order valence-electron chi connectivity index (χ1n) is 3.63. The van der Waals surface area contributed by atoms with Crippen LogP contribution in [0.15, 0.2) is 12.2 Å². The van der Waals surface area contributed by atoms with E-state index in [1.54, 1.807) is 6.08 Å². The summed E-state index contributed by atoms with van der Waals surface area (Å²) in [7, 11) is 0. The lowest BCUT2D eigenvalue weighted by Crippen LogP contribution is -1.77. The third-order valence-corrected chi connectivity index (χ3v) is 1.22. The second-order valence-electron chi connectivity index (χ2n) is 2.20. The van der Waals surface area contributed by atoms with Crippen LogP contribution in [0.5, 0.6) is 0 Å². The fraction of sp³-hybridized carbons (Fsp3) is 0.625. The van der Waals surface area contributed by atoms with Gasteiger partial charge < -0.3 is 0 Å². The van der Waals surface area contributed by atoms with Crippen molar-refractivity contribution < 1.29 is 9.18 Å². The van der Waals surface area contributed by atoms with E-state index in [1.807, 2.05) is 0 Å². The zero-order valence-electron chi connectivity index (χ0n) is 6.27. The maximum absolute atomic E-state index is 11.5. The summed E-state index contributed by atoms with van der Waals surface area (Å²) < 4.78 is 11.5. The summed E-state index contributed by atoms with van der Waals surface area (Å²) >= 11 is 0. The molecule has 58 valence electrons. The van der Waals surface area contributed by atoms with Crippen molar-refractivity contribution in [2.45, 2.75) is 32.6 Å². The molecule has 0 N–H and O–H groups in total. The monoisotopic (exact) mass is 144 g/mol. The topological polar surface area (TPSA) is 17.1 Å². The van der Waals surface area contributed by atoms with Gasteiger partial charge in [0.2, 0.25) is 0 Å². The second kappa shape index (κ2) is 6.46. The van der Waals surface area contributed by atoms with Gasteiger partial charge in [-0.2, -0.15) is 4.39 Å². The molecule has 0 radical (unpaired) electrons. The number of rotatable bonds is 5. The maximum atomic E-state index is 11.5. The lowest BCUT2D eigenvalue weighted by Gasteiger charge is -1.89. The Bertz CT molecular complexity index is 118. The van der Waals surface area contributed by atoms with E-state index in [0.717, 1.165) is 31.8 Å². The molecule has 2 heteroatoms. The van der Waals surface area contributed by atoms with Gasteiger partial charge in [0.25, 0.3) is 0 Å². The molecule has 0 atom stereocenters. The minimum absolute atomic E-state index is 0.809. The zero-order chi connectivity index (χ0) is 7.82. The summed E-state index contributed by atoms with van der Waals surface area (Å²) in [6.45, 7) is 2.10. The maximum Gasteiger partial charge on any atom is 0.324 e. The fourth-order valence-corrected chi connectivity index (χ4v) is 0.688. The zero-order valence-corrected chi connectivity index (χ0v) is 6.27. The minimum Gasteiger partial charge on any atom is -0.256 e. The number of carbonyl (C=O) groups is 1. The molecule has 0 saturated heterocycles. The Morgan fingerprint density at radius 3 is 2.70 bits per heavy atom. The third kappa shape index (κ3) is 7.34. The summed E-state index contributed by atoms with van der Waals surface area (Å²) in [5.41, 5.74) is 0. The third-order valence-electron chi connectivity index (χ3n) is 1.22. The van der Waals surface area contributed by atoms with Crippen molar-refractivity contribution in [3.05, 3.63) is 12.2 Å². The van der Waals surface area contributed by atoms with Crippen LogP contribution in [0.3, 0.4) is 0 Å². The van der Waals surface area contributed by atoms with Gasteiger partial charge in [0.05, 0.1) is 0 Å². The number of carbonyl (C=O) groups excluding carboxylic acids is 1. The van der Waals surface area contributed by atoms with E-state index < -0.39 is 6.04 Å². The van der Waals surface area contributed by atoms with Crippen LogP contribution in [0.4, 0.5) is 4.39 Å². The van der Waals surface area contributed by atoms with E-state index in [9.17, 15) is 9.18 Å². The average molecular weight is 144 g/mol. The van der Waals surface area contributed by atoms with E-state index in [-0.39, 0.29) is 0 Å². The predicted octanol–water partition coefficient (Wildman–Crippen LogP) is 2.62. The summed E-state index contributed by atoms with van der Waals surface area (Å²) in [6, 6.07) is -1.35. The van der Waals surface area contributed by atoms with Crippen molar-refractivity contribution in [3.8, 4) is 0 Å². The number of halogens is 1. The highest BCUT2D eigenvalue weighted by atomic mass is 19.1. The Hall–Kier alpha value is -0.660. The molecule has 0 saturated carbocycles. The van der Waals surface area contributed by atoms with Crippen molar-refractivity contribution in [3.63, 3.8) is 0 Å². The van der Waals surface area contributed by atoms with Gasteiger partial charge in [0.1, 0.15) is 0 Å². The fourth-order valence-electron chi connectivity index (χ4n) is 0.688. The van der Waals surface area contributed by atoms with E-state index in [0.29, 0.717) is 0 Å². The van der Waals surface area contributed by atoms with Gasteiger partial charge >= 0.3 is 6.04 Å². The van der Waals surface area contributed by atoms with Crippen molar-refractivity contribution >= 4 is 6.04 Å². The summed E-state index contributed by atoms with van der Waals surface area (Å²) in [5, 5.41) is 0. The molecule has 0 rings (SSSR count). The van der Waals surface area contributed by atoms with Crippen LogP contribution in [0.2, 0.25) is 0 Å². The Kier molecular flexibility index (Phi) is 6.03. The molecule has 0 heterocycles. The van der Waals surface area contributed by atoms with E-state index in [2.05, 4.69) is 6.92 Å². The van der Waals surface area contributed by atoms with Crippen LogP contribution in [-0.2, 0) is 4.79 Å². The molecule has 0 aromatic rings. The van der Waals surface area contributed by atoms with Crippen molar-refractivity contribution in [2.75, 3.05) is 0 Å². The molecular weight excluding hydrogens is 131 g/mol. The van der Waals surface area contributed by atoms with Crippen LogP contribution < -0.4 is 0 Å². The number of unbranched alkanes of at least 4 members (excludes halogenated alkanes) is 3. The molecule has 0 unspecified atom stereocenters. The van der Waals surface area contributed by atoms with Gasteiger partial charge in [-0.3, -0.25) is 4.79 Å². The van der Waals surface area contributed by atoms with Gasteiger partial charge in [-0.1, -0.05) is 25.8 Å². The SMILES string of the molecule is CCCCCC=CC(=O)F. The smallest absolute Gasteiger partial charge is 0.256 e. The first-order valence-corrected chi connectivity index (χ1v) is 3.63. The molecule has 0 aliphatic rings. The molecule has 0 spiro atoms. The Morgan fingerprint density at radius 1 is 1.50 bits per heavy atom. The summed E-state index contributed by atoms with van der Waals surface area (Å²) in [6.07, 6.45) is 6.71. The first-order chi connectivity index (χ1) is 4.77. The molecule has 0 bridgehead atoms. The molecule has 0 amide bonds. The van der Waals surface area contributed by atoms with Gasteiger partial charge in [0.15, 0.2) is 0 Å². The summed E-state index contributed by atoms with van der Waals surface area (Å²) in [4.78, 5) is 9.72. The van der Waals surface area contributed by atoms with Crippen LogP contribution in [0.25, 0.3) is 0 Å². The normalized spacial score (nSPS) is 10.6. The van der Waals surface area contributed by atoms with E-state index >= 15 is 0 Å². The van der Waals surface area contributed by atoms with Gasteiger partial charge in [-0.05, 0) is 12.8 Å². The van der Waals surface area contributed by atoms with Crippen LogP contribution in [0.1, 0.15) is 32.6 Å². The molecule has 1 nitrogen and oxygen atoms in total. The molecule has 0 aliphatic heterocycles. The Morgan fingerprint density at radius 2 is 2.20 bits per heavy atom. The molecular formula is C8H13FO. The quantitative estimate of drug-likeness (QED) is 0.329. The standard InChI is InChI=1S/C8H13FO/c1-2-3-4-5-6-7-8(9)10/h6-7H,2-5H2,1H3. The van der Waals surface area contributed by atoms with Crippen LogP contribution in [-0.4, -0.2) is 6.04 Å². The van der Waals surface area contributed by atoms with Crippen LogP contribution in [0, 0.1) is 0 Å². The lowest BCUT2D eigenvalue weighted by molar-refractivity contribution is -0.124. The molecule has 0 aromatic heterocycles. The highest BCUT2D eigenvalue weighted by Gasteiger charge is 1.86. The van der Waals surface area contributed by atoms with Crippen molar-refractivity contribution in [1.29, 1.82) is 0 Å². The summed E-state index contributed by atoms with van der Waals surface area (Å²) in [5.74, 6) is 0. The van der Waals surface area contributed by atoms with E-state index in [1.165, 1.54) is 0 Å². The van der Waals surface area contributed by atoms with Crippen molar-refractivity contribution in [1.82, 2.24) is 0 Å². The second-order valence-corrected chi connectivity index (χ2v) is 2.20. The first kappa shape index (κ1) is 9.34. The lowest BCUT2D eigenvalue weighted by atomic mass is 10.2. The number of hydrogen-bond acceptors (Lipinski definition) is 1. The predicted molar refractivity (Wildman–Crippen MR) is 39.4 cm³/mol.